The second-order valence-electron chi connectivity index (χ2n) is 5.20. The number of hydrogen-bond donors (Lipinski definition) is 0. The number of fused-ring (bicyclic) bond motifs is 2. The maximum absolute atomic E-state index is 4.83. The number of allylic oxidation sites excluding steroid dienone is 2. The number of halogens is 1. The molecule has 0 saturated heterocycles. The molecule has 0 N–H and O–H groups in total. The van der Waals surface area contributed by atoms with Crippen molar-refractivity contribution in [3.8, 4) is 0 Å². The highest BCUT2D eigenvalue weighted by molar-refractivity contribution is 9.11. The first-order chi connectivity index (χ1) is 8.15. The second kappa shape index (κ2) is 4.21. The van der Waals surface area contributed by atoms with Crippen LogP contribution in [0.15, 0.2) is 38.8 Å². The van der Waals surface area contributed by atoms with E-state index in [-0.39, 0.29) is 0 Å². The van der Waals surface area contributed by atoms with Gasteiger partial charge in [-0.05, 0) is 56.7 Å². The fraction of sp³-hybridized carbons (Fsp3) is 0.500. The minimum Gasteiger partial charge on any atom is -0.306 e. The van der Waals surface area contributed by atoms with Gasteiger partial charge in [-0.3, -0.25) is 4.99 Å². The van der Waals surface area contributed by atoms with Crippen molar-refractivity contribution in [2.24, 2.45) is 4.99 Å². The van der Waals surface area contributed by atoms with E-state index in [2.05, 4.69) is 53.2 Å². The SMILES string of the molecule is CN(C)[C@@H]1CCC2=N[C@H]3C=CC(Br)=CC3=C2C1. The number of rotatable bonds is 1. The molecule has 3 heteroatoms. The van der Waals surface area contributed by atoms with E-state index in [0.717, 1.165) is 12.8 Å². The zero-order chi connectivity index (χ0) is 12.0. The van der Waals surface area contributed by atoms with Crippen molar-refractivity contribution in [3.63, 3.8) is 0 Å². The summed E-state index contributed by atoms with van der Waals surface area (Å²) in [6.45, 7) is 0. The van der Waals surface area contributed by atoms with E-state index in [1.165, 1.54) is 27.8 Å². The Kier molecular flexibility index (Phi) is 2.83. The van der Waals surface area contributed by atoms with E-state index in [1.54, 1.807) is 0 Å². The summed E-state index contributed by atoms with van der Waals surface area (Å²) >= 11 is 3.56. The summed E-state index contributed by atoms with van der Waals surface area (Å²) in [6.07, 6.45) is 10.1. The molecule has 17 heavy (non-hydrogen) atoms. The summed E-state index contributed by atoms with van der Waals surface area (Å²) in [7, 11) is 4.36. The minimum atomic E-state index is 0.294. The van der Waals surface area contributed by atoms with E-state index in [0.29, 0.717) is 12.1 Å². The van der Waals surface area contributed by atoms with Crippen molar-refractivity contribution >= 4 is 21.6 Å². The lowest BCUT2D eigenvalue weighted by Gasteiger charge is -2.30. The third kappa shape index (κ3) is 1.95. The molecular formula is C14H17BrN2. The van der Waals surface area contributed by atoms with Gasteiger partial charge < -0.3 is 4.90 Å². The molecule has 1 saturated carbocycles. The van der Waals surface area contributed by atoms with Crippen molar-refractivity contribution < 1.29 is 0 Å². The van der Waals surface area contributed by atoms with Gasteiger partial charge >= 0.3 is 0 Å². The monoisotopic (exact) mass is 292 g/mol. The highest BCUT2D eigenvalue weighted by Crippen LogP contribution is 2.37. The van der Waals surface area contributed by atoms with Gasteiger partial charge in [0.25, 0.3) is 0 Å². The van der Waals surface area contributed by atoms with Gasteiger partial charge in [-0.25, -0.2) is 0 Å². The summed E-state index contributed by atoms with van der Waals surface area (Å²) < 4.78 is 1.17. The Hall–Kier alpha value is -0.670. The predicted molar refractivity (Wildman–Crippen MR) is 75.7 cm³/mol. The van der Waals surface area contributed by atoms with Gasteiger partial charge in [0.15, 0.2) is 0 Å². The van der Waals surface area contributed by atoms with Crippen molar-refractivity contribution in [2.75, 3.05) is 14.1 Å². The molecule has 0 spiro atoms. The van der Waals surface area contributed by atoms with Crippen LogP contribution in [-0.2, 0) is 0 Å². The summed E-state index contributed by atoms with van der Waals surface area (Å²) in [5, 5.41) is 0. The van der Waals surface area contributed by atoms with Crippen LogP contribution in [-0.4, -0.2) is 36.8 Å². The normalized spacial score (nSPS) is 31.3. The topological polar surface area (TPSA) is 15.6 Å². The first-order valence-corrected chi connectivity index (χ1v) is 6.96. The molecule has 1 heterocycles. The Balaban J connectivity index is 1.95. The van der Waals surface area contributed by atoms with Gasteiger partial charge in [0.2, 0.25) is 0 Å². The maximum Gasteiger partial charge on any atom is 0.0940 e. The van der Waals surface area contributed by atoms with E-state index >= 15 is 0 Å². The molecule has 2 nitrogen and oxygen atoms in total. The van der Waals surface area contributed by atoms with E-state index in [9.17, 15) is 0 Å². The Morgan fingerprint density at radius 2 is 2.24 bits per heavy atom. The molecule has 0 aromatic rings. The molecule has 0 unspecified atom stereocenters. The van der Waals surface area contributed by atoms with Crippen molar-refractivity contribution in [1.29, 1.82) is 0 Å². The molecular weight excluding hydrogens is 276 g/mol. The summed E-state index contributed by atoms with van der Waals surface area (Å²) in [5.74, 6) is 0. The molecule has 0 radical (unpaired) electrons. The van der Waals surface area contributed by atoms with Crippen LogP contribution in [0.1, 0.15) is 19.3 Å². The highest BCUT2D eigenvalue weighted by Gasteiger charge is 2.32. The minimum absolute atomic E-state index is 0.294. The standard InChI is InChI=1S/C14H17BrN2/c1-17(2)10-4-6-14-12(8-10)11-7-9(15)3-5-13(11)16-14/h3,5,7,10,13H,4,6,8H2,1-2H3/t10-,13+/m1/s1. The maximum atomic E-state index is 4.83. The third-order valence-electron chi connectivity index (χ3n) is 3.93. The summed E-state index contributed by atoms with van der Waals surface area (Å²) in [4.78, 5) is 7.17. The molecule has 0 amide bonds. The van der Waals surface area contributed by atoms with Gasteiger partial charge in [-0.2, -0.15) is 0 Å². The van der Waals surface area contributed by atoms with E-state index in [4.69, 9.17) is 4.99 Å². The predicted octanol–water partition coefficient (Wildman–Crippen LogP) is 3.07. The lowest BCUT2D eigenvalue weighted by atomic mass is 9.85. The fourth-order valence-electron chi connectivity index (χ4n) is 2.89. The summed E-state index contributed by atoms with van der Waals surface area (Å²) in [6, 6.07) is 0.968. The summed E-state index contributed by atoms with van der Waals surface area (Å²) in [5.41, 5.74) is 4.27. The van der Waals surface area contributed by atoms with Crippen LogP contribution in [0.2, 0.25) is 0 Å². The van der Waals surface area contributed by atoms with Gasteiger partial charge in [0.1, 0.15) is 0 Å². The van der Waals surface area contributed by atoms with Crippen LogP contribution < -0.4 is 0 Å². The molecule has 1 fully saturated rings. The Bertz CT molecular complexity index is 469. The van der Waals surface area contributed by atoms with Crippen LogP contribution in [0, 0.1) is 0 Å². The largest absolute Gasteiger partial charge is 0.306 e. The number of aliphatic imine (C=N–C) groups is 1. The van der Waals surface area contributed by atoms with E-state index < -0.39 is 0 Å². The van der Waals surface area contributed by atoms with Crippen LogP contribution >= 0.6 is 15.9 Å². The van der Waals surface area contributed by atoms with Crippen LogP contribution in [0.5, 0.6) is 0 Å². The Morgan fingerprint density at radius 3 is 3.00 bits per heavy atom. The van der Waals surface area contributed by atoms with Crippen LogP contribution in [0.25, 0.3) is 0 Å². The smallest absolute Gasteiger partial charge is 0.0940 e. The first kappa shape index (κ1) is 11.4. The van der Waals surface area contributed by atoms with Crippen molar-refractivity contribution in [3.05, 3.63) is 33.9 Å². The molecule has 0 aromatic carbocycles. The molecule has 90 valence electrons. The van der Waals surface area contributed by atoms with Gasteiger partial charge in [-0.15, -0.1) is 0 Å². The lowest BCUT2D eigenvalue weighted by molar-refractivity contribution is 0.275. The molecule has 0 aromatic heterocycles. The van der Waals surface area contributed by atoms with Gasteiger partial charge in [0.05, 0.1) is 6.04 Å². The average Bonchev–Trinajstić information content (AvgIpc) is 2.66. The fourth-order valence-corrected chi connectivity index (χ4v) is 3.29. The lowest BCUT2D eigenvalue weighted by Crippen LogP contribution is -2.33. The third-order valence-corrected chi connectivity index (χ3v) is 4.42. The highest BCUT2D eigenvalue weighted by atomic mass is 79.9. The van der Waals surface area contributed by atoms with Crippen LogP contribution in [0.3, 0.4) is 0 Å². The zero-order valence-electron chi connectivity index (χ0n) is 10.3. The molecule has 0 bridgehead atoms. The quantitative estimate of drug-likeness (QED) is 0.725. The zero-order valence-corrected chi connectivity index (χ0v) is 11.9. The average molecular weight is 293 g/mol. The Labute approximate surface area is 111 Å². The second-order valence-corrected chi connectivity index (χ2v) is 6.12. The molecule has 2 atom stereocenters. The van der Waals surface area contributed by atoms with Crippen molar-refractivity contribution in [1.82, 2.24) is 4.90 Å². The van der Waals surface area contributed by atoms with Gasteiger partial charge in [0, 0.05) is 16.2 Å². The Morgan fingerprint density at radius 1 is 1.41 bits per heavy atom. The van der Waals surface area contributed by atoms with Crippen LogP contribution in [0.4, 0.5) is 0 Å². The van der Waals surface area contributed by atoms with E-state index in [1.807, 2.05) is 0 Å². The molecule has 2 aliphatic carbocycles. The molecule has 1 aliphatic heterocycles. The molecule has 3 rings (SSSR count). The number of hydrogen-bond acceptors (Lipinski definition) is 2. The number of nitrogens with zero attached hydrogens (tertiary/aromatic N) is 2. The van der Waals surface area contributed by atoms with Crippen molar-refractivity contribution in [2.45, 2.75) is 31.3 Å². The first-order valence-electron chi connectivity index (χ1n) is 6.17. The molecule has 3 aliphatic rings. The van der Waals surface area contributed by atoms with Gasteiger partial charge in [-0.1, -0.05) is 22.0 Å².